The molecule has 0 aromatic heterocycles. The van der Waals surface area contributed by atoms with Gasteiger partial charge >= 0.3 is 5.97 Å². The molecule has 0 aliphatic carbocycles. The summed E-state index contributed by atoms with van der Waals surface area (Å²) in [5.74, 6) is -2.12. The molecule has 1 aromatic carbocycles. The number of benzene rings is 1. The Morgan fingerprint density at radius 1 is 1.29 bits per heavy atom. The van der Waals surface area contributed by atoms with Crippen molar-refractivity contribution in [3.05, 3.63) is 29.3 Å². The number of nitrogens with one attached hydrogen (secondary N) is 2. The zero-order valence-corrected chi connectivity index (χ0v) is 13.6. The van der Waals surface area contributed by atoms with Crippen molar-refractivity contribution >= 4 is 41.2 Å². The Kier molecular flexibility index (Phi) is 5.14. The van der Waals surface area contributed by atoms with Crippen LogP contribution in [0, 0.1) is 0 Å². The number of rotatable bonds is 5. The zero-order valence-electron chi connectivity index (χ0n) is 12.8. The minimum absolute atomic E-state index is 0.0798. The highest BCUT2D eigenvalue weighted by molar-refractivity contribution is 7.80. The van der Waals surface area contributed by atoms with Crippen LogP contribution in [0.25, 0.3) is 6.08 Å². The molecule has 8 nitrogen and oxygen atoms in total. The summed E-state index contributed by atoms with van der Waals surface area (Å²) in [7, 11) is 1.39. The normalized spacial score (nSPS) is 15.2. The van der Waals surface area contributed by atoms with Crippen LogP contribution in [0.3, 0.4) is 0 Å². The predicted octanol–water partition coefficient (Wildman–Crippen LogP) is 0.461. The third kappa shape index (κ3) is 3.69. The van der Waals surface area contributed by atoms with Gasteiger partial charge in [0.1, 0.15) is 5.57 Å². The van der Waals surface area contributed by atoms with Gasteiger partial charge in [0.25, 0.3) is 11.8 Å². The van der Waals surface area contributed by atoms with Gasteiger partial charge < -0.3 is 14.6 Å². The minimum atomic E-state index is -1.17. The van der Waals surface area contributed by atoms with Crippen molar-refractivity contribution in [1.29, 1.82) is 0 Å². The van der Waals surface area contributed by atoms with Gasteiger partial charge in [-0.3, -0.25) is 20.2 Å². The van der Waals surface area contributed by atoms with Gasteiger partial charge in [0, 0.05) is 5.56 Å². The molecule has 1 atom stereocenters. The van der Waals surface area contributed by atoms with E-state index < -0.39 is 23.9 Å². The van der Waals surface area contributed by atoms with E-state index in [0.717, 1.165) is 0 Å². The van der Waals surface area contributed by atoms with Crippen LogP contribution in [0.15, 0.2) is 23.8 Å². The number of thiocarbonyl (C=S) groups is 1. The average molecular weight is 350 g/mol. The van der Waals surface area contributed by atoms with Gasteiger partial charge in [-0.15, -0.1) is 0 Å². The van der Waals surface area contributed by atoms with Gasteiger partial charge in [-0.25, -0.2) is 4.79 Å². The number of para-hydroxylation sites is 1. The van der Waals surface area contributed by atoms with Gasteiger partial charge in [0.15, 0.2) is 22.7 Å². The molecule has 126 valence electrons. The van der Waals surface area contributed by atoms with Gasteiger partial charge in [-0.05, 0) is 31.3 Å². The largest absolute Gasteiger partial charge is 0.493 e. The maximum Gasteiger partial charge on any atom is 0.344 e. The standard InChI is InChI=1S/C15H14N2O6S/c1-7(14(20)21)23-11-8(4-3-5-10(11)22-2)6-9-12(18)16-15(24)17-13(9)19/h3-7H,1-2H3,(H,20,21)(H2,16,17,18,19,24)/t7-/m1/s1. The molecule has 2 amide bonds. The second kappa shape index (κ2) is 7.09. The Hall–Kier alpha value is -2.94. The molecule has 1 saturated heterocycles. The second-order valence-electron chi connectivity index (χ2n) is 4.77. The summed E-state index contributed by atoms with van der Waals surface area (Å²) in [5, 5.41) is 13.6. The number of carboxylic acids is 1. The Morgan fingerprint density at radius 3 is 2.46 bits per heavy atom. The van der Waals surface area contributed by atoms with Crippen LogP contribution in [-0.4, -0.2) is 41.2 Å². The lowest BCUT2D eigenvalue weighted by Gasteiger charge is -2.18. The number of carbonyl (C=O) groups excluding carboxylic acids is 2. The Balaban J connectivity index is 2.48. The highest BCUT2D eigenvalue weighted by Gasteiger charge is 2.27. The Bertz CT molecular complexity index is 736. The third-order valence-corrected chi connectivity index (χ3v) is 3.32. The smallest absolute Gasteiger partial charge is 0.344 e. The molecule has 0 bridgehead atoms. The highest BCUT2D eigenvalue weighted by atomic mass is 32.1. The summed E-state index contributed by atoms with van der Waals surface area (Å²) < 4.78 is 10.6. The number of carboxylic acid groups (broad SMARTS) is 1. The first-order valence-corrected chi connectivity index (χ1v) is 7.19. The molecular weight excluding hydrogens is 336 g/mol. The maximum absolute atomic E-state index is 11.9. The fraction of sp³-hybridized carbons (Fsp3) is 0.200. The Morgan fingerprint density at radius 2 is 1.92 bits per heavy atom. The lowest BCUT2D eigenvalue weighted by atomic mass is 10.1. The lowest BCUT2D eigenvalue weighted by Crippen LogP contribution is -2.51. The van der Waals surface area contributed by atoms with E-state index >= 15 is 0 Å². The van der Waals surface area contributed by atoms with Gasteiger partial charge in [-0.1, -0.05) is 12.1 Å². The molecule has 1 aromatic rings. The van der Waals surface area contributed by atoms with Crippen LogP contribution in [0.1, 0.15) is 12.5 Å². The molecule has 0 radical (unpaired) electrons. The highest BCUT2D eigenvalue weighted by Crippen LogP contribution is 2.33. The van der Waals surface area contributed by atoms with E-state index in [0.29, 0.717) is 5.56 Å². The number of carbonyl (C=O) groups is 3. The van der Waals surface area contributed by atoms with Crippen molar-refractivity contribution in [2.75, 3.05) is 7.11 Å². The number of amides is 2. The average Bonchev–Trinajstić information content (AvgIpc) is 2.51. The van der Waals surface area contributed by atoms with Crippen molar-refractivity contribution in [2.24, 2.45) is 0 Å². The monoisotopic (exact) mass is 350 g/mol. The molecule has 2 rings (SSSR count). The van der Waals surface area contributed by atoms with Crippen LogP contribution in [0.5, 0.6) is 11.5 Å². The molecule has 0 saturated carbocycles. The quantitative estimate of drug-likeness (QED) is 0.402. The van der Waals surface area contributed by atoms with E-state index in [1.54, 1.807) is 18.2 Å². The molecule has 1 aliphatic rings. The number of aliphatic carboxylic acids is 1. The molecule has 1 aliphatic heterocycles. The van der Waals surface area contributed by atoms with E-state index in [9.17, 15) is 14.4 Å². The molecule has 0 unspecified atom stereocenters. The topological polar surface area (TPSA) is 114 Å². The summed E-state index contributed by atoms with van der Waals surface area (Å²) in [6.07, 6.45) is 0.124. The summed E-state index contributed by atoms with van der Waals surface area (Å²) >= 11 is 4.73. The molecule has 3 N–H and O–H groups in total. The Labute approximate surface area is 142 Å². The molecule has 24 heavy (non-hydrogen) atoms. The van der Waals surface area contributed by atoms with E-state index in [-0.39, 0.29) is 22.2 Å². The van der Waals surface area contributed by atoms with E-state index in [2.05, 4.69) is 10.6 Å². The summed E-state index contributed by atoms with van der Waals surface area (Å²) in [4.78, 5) is 34.9. The van der Waals surface area contributed by atoms with Gasteiger partial charge in [0.2, 0.25) is 0 Å². The number of ether oxygens (including phenoxy) is 2. The van der Waals surface area contributed by atoms with Gasteiger partial charge in [0.05, 0.1) is 7.11 Å². The van der Waals surface area contributed by atoms with Crippen LogP contribution in [0.2, 0.25) is 0 Å². The van der Waals surface area contributed by atoms with Crippen LogP contribution >= 0.6 is 12.2 Å². The van der Waals surface area contributed by atoms with Crippen molar-refractivity contribution in [3.8, 4) is 11.5 Å². The van der Waals surface area contributed by atoms with Crippen molar-refractivity contribution in [1.82, 2.24) is 10.6 Å². The maximum atomic E-state index is 11.9. The van der Waals surface area contributed by atoms with Crippen molar-refractivity contribution in [2.45, 2.75) is 13.0 Å². The van der Waals surface area contributed by atoms with E-state index in [1.165, 1.54) is 20.1 Å². The van der Waals surface area contributed by atoms with Crippen LogP contribution in [0.4, 0.5) is 0 Å². The summed E-state index contributed by atoms with van der Waals surface area (Å²) in [6, 6.07) is 4.75. The number of hydrogen-bond acceptors (Lipinski definition) is 6. The molecule has 1 heterocycles. The first-order valence-electron chi connectivity index (χ1n) is 6.78. The molecular formula is C15H14N2O6S. The van der Waals surface area contributed by atoms with E-state index in [4.69, 9.17) is 26.8 Å². The van der Waals surface area contributed by atoms with Gasteiger partial charge in [-0.2, -0.15) is 0 Å². The minimum Gasteiger partial charge on any atom is -0.493 e. The fourth-order valence-electron chi connectivity index (χ4n) is 1.92. The molecule has 1 fully saturated rings. The number of methoxy groups -OCH3 is 1. The second-order valence-corrected chi connectivity index (χ2v) is 5.18. The summed E-state index contributed by atoms with van der Waals surface area (Å²) in [6.45, 7) is 1.35. The van der Waals surface area contributed by atoms with Crippen LogP contribution in [-0.2, 0) is 14.4 Å². The SMILES string of the molecule is COc1cccc(C=C2C(=O)NC(=S)NC2=O)c1O[C@H](C)C(=O)O. The zero-order chi connectivity index (χ0) is 17.9. The lowest BCUT2D eigenvalue weighted by molar-refractivity contribution is -0.144. The predicted molar refractivity (Wildman–Crippen MR) is 87.6 cm³/mol. The first kappa shape index (κ1) is 17.4. The van der Waals surface area contributed by atoms with Crippen molar-refractivity contribution < 1.29 is 29.0 Å². The fourth-order valence-corrected chi connectivity index (χ4v) is 2.11. The third-order valence-electron chi connectivity index (χ3n) is 3.11. The van der Waals surface area contributed by atoms with Crippen LogP contribution < -0.4 is 20.1 Å². The molecule has 0 spiro atoms. The number of hydrogen-bond donors (Lipinski definition) is 3. The summed E-state index contributed by atoms with van der Waals surface area (Å²) in [5.41, 5.74) is 0.125. The first-order chi connectivity index (χ1) is 11.3. The van der Waals surface area contributed by atoms with E-state index in [1.807, 2.05) is 0 Å². The van der Waals surface area contributed by atoms with Crippen molar-refractivity contribution in [3.63, 3.8) is 0 Å². The molecule has 9 heteroatoms.